The van der Waals surface area contributed by atoms with E-state index >= 15 is 0 Å². The smallest absolute Gasteiger partial charge is 0.233 e. The number of rotatable bonds is 7. The van der Waals surface area contributed by atoms with Crippen LogP contribution in [0.4, 0.5) is 11.1 Å². The number of nitrogens with zero attached hydrogens (tertiary/aromatic N) is 2. The van der Waals surface area contributed by atoms with Crippen molar-refractivity contribution in [2.24, 2.45) is 0 Å². The first-order valence-corrected chi connectivity index (χ1v) is 6.81. The minimum Gasteiger partial charge on any atom is -0.367 e. The van der Waals surface area contributed by atoms with Crippen molar-refractivity contribution in [3.63, 3.8) is 0 Å². The Hall–Kier alpha value is -0.490. The summed E-state index contributed by atoms with van der Waals surface area (Å²) in [6, 6.07) is 0. The van der Waals surface area contributed by atoms with Crippen molar-refractivity contribution in [1.29, 1.82) is 0 Å². The zero-order chi connectivity index (χ0) is 10.2. The topological polar surface area (TPSA) is 63.8 Å². The van der Waals surface area contributed by atoms with E-state index in [0.717, 1.165) is 11.7 Å². The summed E-state index contributed by atoms with van der Waals surface area (Å²) in [6.45, 7) is 0.961. The summed E-state index contributed by atoms with van der Waals surface area (Å²) in [6.07, 6.45) is 5.88. The zero-order valence-electron chi connectivity index (χ0n) is 8.32. The average molecular weight is 232 g/mol. The van der Waals surface area contributed by atoms with Gasteiger partial charge in [-0.15, -0.1) is 0 Å². The summed E-state index contributed by atoms with van der Waals surface area (Å²) in [5, 5.41) is 4.03. The van der Waals surface area contributed by atoms with E-state index in [4.69, 9.17) is 5.73 Å². The van der Waals surface area contributed by atoms with Crippen LogP contribution in [-0.4, -0.2) is 27.9 Å². The van der Waals surface area contributed by atoms with E-state index in [2.05, 4.69) is 20.9 Å². The number of hydrogen-bond donors (Lipinski definition) is 2. The highest BCUT2D eigenvalue weighted by Crippen LogP contribution is 2.11. The van der Waals surface area contributed by atoms with E-state index in [-0.39, 0.29) is 0 Å². The number of nitrogen functional groups attached to an aromatic ring is 1. The van der Waals surface area contributed by atoms with E-state index in [1.807, 2.05) is 11.8 Å². The van der Waals surface area contributed by atoms with Crippen molar-refractivity contribution in [2.45, 2.75) is 19.3 Å². The average Bonchev–Trinajstić information content (AvgIpc) is 2.58. The Labute approximate surface area is 92.9 Å². The second-order valence-corrected chi connectivity index (χ2v) is 4.68. The summed E-state index contributed by atoms with van der Waals surface area (Å²) in [4.78, 5) is 4.01. The number of hydrogen-bond acceptors (Lipinski definition) is 6. The van der Waals surface area contributed by atoms with Crippen LogP contribution in [-0.2, 0) is 0 Å². The monoisotopic (exact) mass is 232 g/mol. The van der Waals surface area contributed by atoms with Crippen LogP contribution in [0.2, 0.25) is 0 Å². The lowest BCUT2D eigenvalue weighted by Gasteiger charge is -2.00. The van der Waals surface area contributed by atoms with Gasteiger partial charge in [-0.2, -0.15) is 21.1 Å². The molecule has 4 nitrogen and oxygen atoms in total. The van der Waals surface area contributed by atoms with Gasteiger partial charge in [0.1, 0.15) is 0 Å². The third-order valence-corrected chi connectivity index (χ3v) is 3.13. The van der Waals surface area contributed by atoms with Crippen LogP contribution in [0.1, 0.15) is 19.3 Å². The molecule has 0 fully saturated rings. The third-order valence-electron chi connectivity index (χ3n) is 1.74. The minimum atomic E-state index is 0.361. The van der Waals surface area contributed by atoms with E-state index in [1.54, 1.807) is 0 Å². The predicted octanol–water partition coefficient (Wildman–Crippen LogP) is 2.07. The second-order valence-electron chi connectivity index (χ2n) is 2.94. The van der Waals surface area contributed by atoms with Crippen LogP contribution in [0.25, 0.3) is 0 Å². The highest BCUT2D eigenvalue weighted by molar-refractivity contribution is 7.98. The molecule has 0 saturated carbocycles. The van der Waals surface area contributed by atoms with Crippen LogP contribution in [0.15, 0.2) is 0 Å². The lowest BCUT2D eigenvalue weighted by molar-refractivity contribution is 0.749. The molecule has 3 N–H and O–H groups in total. The van der Waals surface area contributed by atoms with Crippen molar-refractivity contribution in [3.05, 3.63) is 0 Å². The Morgan fingerprint density at radius 1 is 1.43 bits per heavy atom. The number of anilines is 2. The van der Waals surface area contributed by atoms with Crippen LogP contribution < -0.4 is 11.1 Å². The van der Waals surface area contributed by atoms with Gasteiger partial charge in [0.05, 0.1) is 0 Å². The fraction of sp³-hybridized carbons (Fsp3) is 0.750. The summed E-state index contributed by atoms with van der Waals surface area (Å²) in [7, 11) is 0. The SMILES string of the molecule is CSCCCCCNc1nc(N)ns1. The highest BCUT2D eigenvalue weighted by Gasteiger charge is 1.98. The molecule has 0 atom stereocenters. The Kier molecular flexibility index (Phi) is 5.70. The first kappa shape index (κ1) is 11.6. The molecule has 6 heteroatoms. The van der Waals surface area contributed by atoms with Gasteiger partial charge in [0.2, 0.25) is 11.1 Å². The fourth-order valence-electron chi connectivity index (χ4n) is 1.05. The van der Waals surface area contributed by atoms with Crippen LogP contribution >= 0.6 is 23.3 Å². The molecule has 0 aliphatic heterocycles. The molecule has 14 heavy (non-hydrogen) atoms. The molecule has 0 unspecified atom stereocenters. The van der Waals surface area contributed by atoms with Gasteiger partial charge >= 0.3 is 0 Å². The largest absolute Gasteiger partial charge is 0.367 e. The van der Waals surface area contributed by atoms with Crippen LogP contribution in [0.3, 0.4) is 0 Å². The van der Waals surface area contributed by atoms with Gasteiger partial charge < -0.3 is 11.1 Å². The maximum atomic E-state index is 5.39. The molecule has 0 saturated heterocycles. The third kappa shape index (κ3) is 4.66. The molecule has 0 aromatic carbocycles. The predicted molar refractivity (Wildman–Crippen MR) is 65.0 cm³/mol. The standard InChI is InChI=1S/C8H16N4S2/c1-13-6-4-2-3-5-10-8-11-7(9)12-14-8/h2-6H2,1H3,(H3,9,10,11,12). The van der Waals surface area contributed by atoms with Crippen molar-refractivity contribution in [3.8, 4) is 0 Å². The van der Waals surface area contributed by atoms with Gasteiger partial charge in [0, 0.05) is 18.1 Å². The molecule has 0 bridgehead atoms. The lowest BCUT2D eigenvalue weighted by atomic mass is 10.2. The van der Waals surface area contributed by atoms with Crippen molar-refractivity contribution in [1.82, 2.24) is 9.36 Å². The number of thioether (sulfide) groups is 1. The number of nitrogens with two attached hydrogens (primary N) is 1. The van der Waals surface area contributed by atoms with Crippen molar-refractivity contribution >= 4 is 34.4 Å². The molecule has 0 amide bonds. The van der Waals surface area contributed by atoms with E-state index in [0.29, 0.717) is 5.95 Å². The van der Waals surface area contributed by atoms with Gasteiger partial charge in [-0.25, -0.2) is 0 Å². The summed E-state index contributed by atoms with van der Waals surface area (Å²) < 4.78 is 3.89. The molecule has 1 rings (SSSR count). The quantitative estimate of drug-likeness (QED) is 0.705. The Balaban J connectivity index is 1.99. The molecule has 1 aromatic rings. The molecule has 0 spiro atoms. The summed E-state index contributed by atoms with van der Waals surface area (Å²) >= 11 is 3.22. The fourth-order valence-corrected chi connectivity index (χ4v) is 2.06. The zero-order valence-corrected chi connectivity index (χ0v) is 9.96. The maximum absolute atomic E-state index is 5.39. The van der Waals surface area contributed by atoms with Crippen molar-refractivity contribution < 1.29 is 0 Å². The van der Waals surface area contributed by atoms with E-state index in [1.165, 1.54) is 36.5 Å². The number of aromatic nitrogens is 2. The molecule has 80 valence electrons. The Morgan fingerprint density at radius 3 is 2.93 bits per heavy atom. The first-order chi connectivity index (χ1) is 6.83. The highest BCUT2D eigenvalue weighted by atomic mass is 32.2. The van der Waals surface area contributed by atoms with E-state index < -0.39 is 0 Å². The van der Waals surface area contributed by atoms with Gasteiger partial charge in [-0.1, -0.05) is 6.42 Å². The van der Waals surface area contributed by atoms with Crippen molar-refractivity contribution in [2.75, 3.05) is 29.6 Å². The first-order valence-electron chi connectivity index (χ1n) is 4.65. The Bertz CT molecular complexity index is 251. The molecule has 0 aliphatic rings. The summed E-state index contributed by atoms with van der Waals surface area (Å²) in [5.74, 6) is 1.62. The van der Waals surface area contributed by atoms with Gasteiger partial charge in [-0.3, -0.25) is 0 Å². The van der Waals surface area contributed by atoms with Gasteiger partial charge in [0.15, 0.2) is 0 Å². The molecule has 1 heterocycles. The number of nitrogens with one attached hydrogen (secondary N) is 1. The molecular formula is C8H16N4S2. The molecular weight excluding hydrogens is 216 g/mol. The maximum Gasteiger partial charge on any atom is 0.233 e. The van der Waals surface area contributed by atoms with E-state index in [9.17, 15) is 0 Å². The minimum absolute atomic E-state index is 0.361. The molecule has 0 radical (unpaired) electrons. The number of unbranched alkanes of at least 4 members (excludes halogenated alkanes) is 2. The Morgan fingerprint density at radius 2 is 2.29 bits per heavy atom. The molecule has 0 aliphatic carbocycles. The van der Waals surface area contributed by atoms with Gasteiger partial charge in [-0.05, 0) is 24.9 Å². The van der Waals surface area contributed by atoms with Gasteiger partial charge in [0.25, 0.3) is 0 Å². The second kappa shape index (κ2) is 6.89. The van der Waals surface area contributed by atoms with Crippen LogP contribution in [0, 0.1) is 0 Å². The van der Waals surface area contributed by atoms with Crippen LogP contribution in [0.5, 0.6) is 0 Å². The normalized spacial score (nSPS) is 10.4. The summed E-state index contributed by atoms with van der Waals surface area (Å²) in [5.41, 5.74) is 5.39. The lowest BCUT2D eigenvalue weighted by Crippen LogP contribution is -2.01. The molecule has 1 aromatic heterocycles.